The van der Waals surface area contributed by atoms with E-state index >= 15 is 0 Å². The number of esters is 2. The third-order valence-electron chi connectivity index (χ3n) is 2.26. The van der Waals surface area contributed by atoms with Crippen LogP contribution < -0.4 is 0 Å². The minimum absolute atomic E-state index is 0.0170. The Morgan fingerprint density at radius 1 is 1.33 bits per heavy atom. The lowest BCUT2D eigenvalue weighted by molar-refractivity contribution is -0.147. The summed E-state index contributed by atoms with van der Waals surface area (Å²) in [5.41, 5.74) is 0. The highest BCUT2D eigenvalue weighted by atomic mass is 32.2. The number of ether oxygens (including phenoxy) is 2. The predicted molar refractivity (Wildman–Crippen MR) is 62.0 cm³/mol. The number of thioether (sulfide) groups is 1. The zero-order valence-electron chi connectivity index (χ0n) is 10.1. The first-order chi connectivity index (χ1) is 8.38. The Hall–Kier alpha value is -1.11. The van der Waals surface area contributed by atoms with Gasteiger partial charge in [0.1, 0.15) is 12.7 Å². The molecule has 0 N–H and O–H groups in total. The standard InChI is InChI=1S/C11H14F2O4S/c1-6(14)16-5-9-3-8(17-7(2)15)4-10(18-9)11(12)13/h8-9H,3-5H2,1-2H3/t8-,9-/m0/s1. The van der Waals surface area contributed by atoms with Gasteiger partial charge in [-0.15, -0.1) is 11.8 Å². The molecule has 1 aliphatic rings. The van der Waals surface area contributed by atoms with E-state index in [1.165, 1.54) is 13.8 Å². The van der Waals surface area contributed by atoms with Crippen LogP contribution in [0.25, 0.3) is 0 Å². The third kappa shape index (κ3) is 5.03. The topological polar surface area (TPSA) is 52.6 Å². The van der Waals surface area contributed by atoms with Gasteiger partial charge in [0.25, 0.3) is 6.08 Å². The van der Waals surface area contributed by atoms with Gasteiger partial charge < -0.3 is 9.47 Å². The number of carbonyl (C=O) groups excluding carboxylic acids is 2. The molecule has 18 heavy (non-hydrogen) atoms. The summed E-state index contributed by atoms with van der Waals surface area (Å²) >= 11 is 0.974. The van der Waals surface area contributed by atoms with Crippen LogP contribution in [0.5, 0.6) is 0 Å². The van der Waals surface area contributed by atoms with Crippen molar-refractivity contribution < 1.29 is 27.8 Å². The van der Waals surface area contributed by atoms with Crippen molar-refractivity contribution in [3.63, 3.8) is 0 Å². The molecule has 0 aromatic rings. The molecule has 1 aliphatic heterocycles. The van der Waals surface area contributed by atoms with E-state index < -0.39 is 24.1 Å². The number of hydrogen-bond donors (Lipinski definition) is 0. The fraction of sp³-hybridized carbons (Fsp3) is 0.636. The summed E-state index contributed by atoms with van der Waals surface area (Å²) in [5, 5.41) is -0.316. The van der Waals surface area contributed by atoms with Gasteiger partial charge in [0.2, 0.25) is 0 Å². The summed E-state index contributed by atoms with van der Waals surface area (Å²) in [4.78, 5) is 21.4. The highest BCUT2D eigenvalue weighted by molar-refractivity contribution is 8.03. The summed E-state index contributed by atoms with van der Waals surface area (Å²) in [6.07, 6.45) is -1.94. The Labute approximate surface area is 108 Å². The van der Waals surface area contributed by atoms with E-state index in [0.29, 0.717) is 6.42 Å². The molecule has 0 amide bonds. The summed E-state index contributed by atoms with van der Waals surface area (Å²) < 4.78 is 35.0. The van der Waals surface area contributed by atoms with E-state index in [1.54, 1.807) is 0 Å². The van der Waals surface area contributed by atoms with Crippen molar-refractivity contribution in [3.05, 3.63) is 11.0 Å². The van der Waals surface area contributed by atoms with Crippen LogP contribution in [0.1, 0.15) is 26.7 Å². The van der Waals surface area contributed by atoms with Crippen molar-refractivity contribution in [1.82, 2.24) is 0 Å². The third-order valence-corrected chi connectivity index (χ3v) is 3.53. The van der Waals surface area contributed by atoms with Crippen molar-refractivity contribution in [1.29, 1.82) is 0 Å². The first-order valence-electron chi connectivity index (χ1n) is 5.40. The minimum atomic E-state index is -1.77. The molecule has 0 radical (unpaired) electrons. The van der Waals surface area contributed by atoms with E-state index in [-0.39, 0.29) is 23.2 Å². The van der Waals surface area contributed by atoms with Crippen molar-refractivity contribution in [2.24, 2.45) is 0 Å². The van der Waals surface area contributed by atoms with Gasteiger partial charge in [0.05, 0.1) is 4.91 Å². The second kappa shape index (κ2) is 6.72. The zero-order valence-corrected chi connectivity index (χ0v) is 10.9. The van der Waals surface area contributed by atoms with Crippen LogP contribution in [0.2, 0.25) is 0 Å². The fourth-order valence-corrected chi connectivity index (χ4v) is 2.86. The van der Waals surface area contributed by atoms with E-state index in [4.69, 9.17) is 9.47 Å². The maximum absolute atomic E-state index is 12.6. The second-order valence-corrected chi connectivity index (χ2v) is 5.29. The average Bonchev–Trinajstić information content (AvgIpc) is 2.25. The van der Waals surface area contributed by atoms with Crippen molar-refractivity contribution in [2.45, 2.75) is 38.0 Å². The normalized spacial score (nSPS) is 23.4. The van der Waals surface area contributed by atoms with Crippen molar-refractivity contribution in [3.8, 4) is 0 Å². The van der Waals surface area contributed by atoms with Crippen molar-refractivity contribution in [2.75, 3.05) is 6.61 Å². The molecule has 102 valence electrons. The number of halogens is 2. The Kier molecular flexibility index (Phi) is 5.58. The number of carbonyl (C=O) groups is 2. The van der Waals surface area contributed by atoms with E-state index in [9.17, 15) is 18.4 Å². The smallest absolute Gasteiger partial charge is 0.302 e. The molecule has 2 atom stereocenters. The van der Waals surface area contributed by atoms with Crippen LogP contribution in [0.3, 0.4) is 0 Å². The molecule has 0 bridgehead atoms. The molecule has 4 nitrogen and oxygen atoms in total. The van der Waals surface area contributed by atoms with Crippen LogP contribution in [0.15, 0.2) is 11.0 Å². The SMILES string of the molecule is CC(=O)OC[C@@H]1C[C@H](OC(C)=O)CC(=C(F)F)S1. The maximum atomic E-state index is 12.6. The van der Waals surface area contributed by atoms with Gasteiger partial charge in [-0.05, 0) is 0 Å². The lowest BCUT2D eigenvalue weighted by Crippen LogP contribution is -2.29. The van der Waals surface area contributed by atoms with Gasteiger partial charge in [0.15, 0.2) is 0 Å². The average molecular weight is 280 g/mol. The lowest BCUT2D eigenvalue weighted by atomic mass is 10.1. The monoisotopic (exact) mass is 280 g/mol. The molecule has 1 saturated heterocycles. The van der Waals surface area contributed by atoms with Crippen LogP contribution in [0.4, 0.5) is 8.78 Å². The number of rotatable bonds is 3. The quantitative estimate of drug-likeness (QED) is 0.743. The van der Waals surface area contributed by atoms with Crippen LogP contribution in [-0.2, 0) is 19.1 Å². The Balaban J connectivity index is 2.65. The largest absolute Gasteiger partial charge is 0.465 e. The van der Waals surface area contributed by atoms with Crippen LogP contribution >= 0.6 is 11.8 Å². The van der Waals surface area contributed by atoms with Crippen molar-refractivity contribution >= 4 is 23.7 Å². The molecular weight excluding hydrogens is 266 g/mol. The Morgan fingerprint density at radius 2 is 2.00 bits per heavy atom. The Morgan fingerprint density at radius 3 is 2.50 bits per heavy atom. The second-order valence-electron chi connectivity index (χ2n) is 3.90. The Bertz CT molecular complexity index is 366. The number of hydrogen-bond acceptors (Lipinski definition) is 5. The molecule has 1 rings (SSSR count). The summed E-state index contributed by atoms with van der Waals surface area (Å²) in [6.45, 7) is 2.52. The molecule has 1 fully saturated rings. The van der Waals surface area contributed by atoms with E-state index in [2.05, 4.69) is 0 Å². The van der Waals surface area contributed by atoms with E-state index in [0.717, 1.165) is 11.8 Å². The molecule has 0 spiro atoms. The van der Waals surface area contributed by atoms with Gasteiger partial charge >= 0.3 is 11.9 Å². The van der Waals surface area contributed by atoms with Crippen LogP contribution in [0, 0.1) is 0 Å². The molecule has 0 aliphatic carbocycles. The molecule has 0 saturated carbocycles. The predicted octanol–water partition coefficient (Wildman–Crippen LogP) is 2.48. The van der Waals surface area contributed by atoms with Gasteiger partial charge in [-0.2, -0.15) is 8.78 Å². The van der Waals surface area contributed by atoms with E-state index in [1.807, 2.05) is 0 Å². The van der Waals surface area contributed by atoms with Gasteiger partial charge in [-0.25, -0.2) is 0 Å². The summed E-state index contributed by atoms with van der Waals surface area (Å²) in [7, 11) is 0. The van der Waals surface area contributed by atoms with Gasteiger partial charge in [0, 0.05) is 31.9 Å². The highest BCUT2D eigenvalue weighted by Crippen LogP contribution is 2.39. The summed E-state index contributed by atoms with van der Waals surface area (Å²) in [5.74, 6) is -0.965. The summed E-state index contributed by atoms with van der Waals surface area (Å²) in [6, 6.07) is 0. The highest BCUT2D eigenvalue weighted by Gasteiger charge is 2.30. The molecule has 7 heteroatoms. The molecule has 0 unspecified atom stereocenters. The molecule has 0 aromatic heterocycles. The first-order valence-corrected chi connectivity index (χ1v) is 6.27. The maximum Gasteiger partial charge on any atom is 0.302 e. The minimum Gasteiger partial charge on any atom is -0.465 e. The van der Waals surface area contributed by atoms with Crippen LogP contribution in [-0.4, -0.2) is 29.9 Å². The van der Waals surface area contributed by atoms with Gasteiger partial charge in [-0.3, -0.25) is 9.59 Å². The molecular formula is C11H14F2O4S. The zero-order chi connectivity index (χ0) is 13.7. The van der Waals surface area contributed by atoms with Gasteiger partial charge in [-0.1, -0.05) is 0 Å². The fourth-order valence-electron chi connectivity index (χ4n) is 1.64. The first kappa shape index (κ1) is 14.9. The molecule has 0 aromatic carbocycles. The lowest BCUT2D eigenvalue weighted by Gasteiger charge is -2.29. The molecule has 1 heterocycles.